The topological polar surface area (TPSA) is 52.4 Å². The first kappa shape index (κ1) is 14.4. The summed E-state index contributed by atoms with van der Waals surface area (Å²) in [5, 5.41) is 3.41. The van der Waals surface area contributed by atoms with Gasteiger partial charge in [-0.25, -0.2) is 9.66 Å². The molecule has 0 spiro atoms. The second-order valence-corrected chi connectivity index (χ2v) is 5.55. The van der Waals surface area contributed by atoms with Crippen molar-refractivity contribution in [1.82, 2.24) is 14.6 Å². The summed E-state index contributed by atoms with van der Waals surface area (Å²) >= 11 is 0. The van der Waals surface area contributed by atoms with Gasteiger partial charge in [-0.05, 0) is 13.0 Å². The molecular weight excluding hydrogens is 292 g/mol. The number of benzene rings is 1. The summed E-state index contributed by atoms with van der Waals surface area (Å²) < 4.78 is 13.3. The second-order valence-electron chi connectivity index (χ2n) is 5.55. The average Bonchev–Trinajstić information content (AvgIpc) is 2.99. The highest BCUT2D eigenvalue weighted by molar-refractivity contribution is 6.02. The van der Waals surface area contributed by atoms with E-state index in [0.29, 0.717) is 13.2 Å². The van der Waals surface area contributed by atoms with Crippen LogP contribution in [-0.4, -0.2) is 47.6 Å². The number of aromatic nitrogens is 3. The lowest BCUT2D eigenvalue weighted by Crippen LogP contribution is -2.44. The van der Waals surface area contributed by atoms with E-state index >= 15 is 0 Å². The van der Waals surface area contributed by atoms with Gasteiger partial charge in [0.05, 0.1) is 38.0 Å². The summed E-state index contributed by atoms with van der Waals surface area (Å²) in [4.78, 5) is 9.30. The van der Waals surface area contributed by atoms with E-state index in [1.54, 1.807) is 0 Å². The highest BCUT2D eigenvalue weighted by Crippen LogP contribution is 2.25. The first-order chi connectivity index (χ1) is 11.4. The zero-order chi connectivity index (χ0) is 15.6. The molecule has 6 nitrogen and oxygen atoms in total. The van der Waals surface area contributed by atoms with Gasteiger partial charge < -0.3 is 14.5 Å². The van der Waals surface area contributed by atoms with Crippen molar-refractivity contribution in [3.63, 3.8) is 0 Å². The summed E-state index contributed by atoms with van der Waals surface area (Å²) in [6, 6.07) is 8.20. The highest BCUT2D eigenvalue weighted by atomic mass is 16.5. The summed E-state index contributed by atoms with van der Waals surface area (Å²) in [6.45, 7) is 6.33. The minimum atomic E-state index is 0.497. The first-order valence-electron chi connectivity index (χ1n) is 8.04. The third-order valence-electron chi connectivity index (χ3n) is 4.14. The van der Waals surface area contributed by atoms with Gasteiger partial charge in [-0.15, -0.1) is 0 Å². The summed E-state index contributed by atoms with van der Waals surface area (Å²) in [6.07, 6.45) is 1.85. The molecule has 1 saturated heterocycles. The fourth-order valence-corrected chi connectivity index (χ4v) is 3.08. The lowest BCUT2D eigenvalue weighted by Gasteiger charge is -2.31. The Bertz CT molecular complexity index is 824. The van der Waals surface area contributed by atoms with E-state index in [4.69, 9.17) is 14.5 Å². The Morgan fingerprint density at radius 3 is 2.83 bits per heavy atom. The molecule has 0 aliphatic carbocycles. The van der Waals surface area contributed by atoms with E-state index in [2.05, 4.69) is 20.7 Å². The van der Waals surface area contributed by atoms with Crippen LogP contribution in [0, 0.1) is 0 Å². The summed E-state index contributed by atoms with van der Waals surface area (Å²) in [5.74, 6) is 0.918. The third kappa shape index (κ3) is 2.54. The van der Waals surface area contributed by atoms with Crippen molar-refractivity contribution in [2.24, 2.45) is 0 Å². The Morgan fingerprint density at radius 2 is 2.00 bits per heavy atom. The van der Waals surface area contributed by atoms with Crippen LogP contribution in [0.3, 0.4) is 0 Å². The molecule has 2 aromatic heterocycles. The molecular formula is C17H20N4O2. The molecule has 0 saturated carbocycles. The SMILES string of the molecule is CCOCc1nc2cnc3ccccc3c2n1N1CCOCC1. The van der Waals surface area contributed by atoms with Crippen LogP contribution in [0.25, 0.3) is 21.9 Å². The van der Waals surface area contributed by atoms with Crippen LogP contribution in [-0.2, 0) is 16.1 Å². The number of pyridine rings is 1. The Hall–Kier alpha value is -2.18. The van der Waals surface area contributed by atoms with E-state index in [9.17, 15) is 0 Å². The smallest absolute Gasteiger partial charge is 0.154 e. The number of para-hydroxylation sites is 1. The third-order valence-corrected chi connectivity index (χ3v) is 4.14. The molecule has 0 bridgehead atoms. The number of nitrogens with zero attached hydrogens (tertiary/aromatic N) is 4. The normalized spacial score (nSPS) is 15.6. The lowest BCUT2D eigenvalue weighted by atomic mass is 10.2. The van der Waals surface area contributed by atoms with Gasteiger partial charge >= 0.3 is 0 Å². The van der Waals surface area contributed by atoms with Crippen molar-refractivity contribution in [1.29, 1.82) is 0 Å². The summed E-state index contributed by atoms with van der Waals surface area (Å²) in [5.41, 5.74) is 2.99. The average molecular weight is 312 g/mol. The molecule has 6 heteroatoms. The Balaban J connectivity index is 1.94. The predicted octanol–water partition coefficient (Wildman–Crippen LogP) is 2.09. The number of ether oxygens (including phenoxy) is 2. The van der Waals surface area contributed by atoms with E-state index in [0.717, 1.165) is 54.1 Å². The lowest BCUT2D eigenvalue weighted by molar-refractivity contribution is 0.104. The van der Waals surface area contributed by atoms with Gasteiger partial charge in [-0.1, -0.05) is 18.2 Å². The van der Waals surface area contributed by atoms with Crippen molar-refractivity contribution in [3.8, 4) is 0 Å². The molecule has 1 aromatic carbocycles. The quantitative estimate of drug-likeness (QED) is 0.738. The van der Waals surface area contributed by atoms with Crippen molar-refractivity contribution >= 4 is 21.9 Å². The molecule has 23 heavy (non-hydrogen) atoms. The Kier molecular flexibility index (Phi) is 3.85. The molecule has 4 rings (SSSR count). The van der Waals surface area contributed by atoms with Crippen LogP contribution < -0.4 is 5.01 Å². The van der Waals surface area contributed by atoms with Crippen molar-refractivity contribution in [2.45, 2.75) is 13.5 Å². The number of hydrogen-bond acceptors (Lipinski definition) is 5. The minimum absolute atomic E-state index is 0.497. The monoisotopic (exact) mass is 312 g/mol. The highest BCUT2D eigenvalue weighted by Gasteiger charge is 2.20. The number of morpholine rings is 1. The molecule has 0 unspecified atom stereocenters. The maximum absolute atomic E-state index is 5.63. The molecule has 3 heterocycles. The van der Waals surface area contributed by atoms with Crippen molar-refractivity contribution in [3.05, 3.63) is 36.3 Å². The fourth-order valence-electron chi connectivity index (χ4n) is 3.08. The van der Waals surface area contributed by atoms with E-state index < -0.39 is 0 Å². The first-order valence-corrected chi connectivity index (χ1v) is 8.04. The molecule has 1 aliphatic rings. The van der Waals surface area contributed by atoms with E-state index in [1.165, 1.54) is 0 Å². The molecule has 0 amide bonds. The van der Waals surface area contributed by atoms with Crippen molar-refractivity contribution < 1.29 is 9.47 Å². The van der Waals surface area contributed by atoms with Crippen LogP contribution in [0.2, 0.25) is 0 Å². The molecule has 1 fully saturated rings. The van der Waals surface area contributed by atoms with Crippen LogP contribution in [0.15, 0.2) is 30.5 Å². The number of imidazole rings is 1. The van der Waals surface area contributed by atoms with Gasteiger partial charge in [0.25, 0.3) is 0 Å². The molecule has 1 aliphatic heterocycles. The predicted molar refractivity (Wildman–Crippen MR) is 89.1 cm³/mol. The van der Waals surface area contributed by atoms with Crippen LogP contribution in [0.5, 0.6) is 0 Å². The van der Waals surface area contributed by atoms with Crippen LogP contribution in [0.4, 0.5) is 0 Å². The fraction of sp³-hybridized carbons (Fsp3) is 0.412. The van der Waals surface area contributed by atoms with Crippen LogP contribution >= 0.6 is 0 Å². The molecule has 0 atom stereocenters. The van der Waals surface area contributed by atoms with Gasteiger partial charge in [0.2, 0.25) is 0 Å². The number of rotatable bonds is 4. The maximum atomic E-state index is 5.63. The van der Waals surface area contributed by atoms with Gasteiger partial charge in [0.1, 0.15) is 17.6 Å². The molecule has 0 N–H and O–H groups in total. The van der Waals surface area contributed by atoms with Crippen molar-refractivity contribution in [2.75, 3.05) is 37.9 Å². The van der Waals surface area contributed by atoms with Crippen LogP contribution in [0.1, 0.15) is 12.7 Å². The minimum Gasteiger partial charge on any atom is -0.378 e. The Labute approximate surface area is 134 Å². The number of hydrogen-bond donors (Lipinski definition) is 0. The van der Waals surface area contributed by atoms with Gasteiger partial charge in [-0.3, -0.25) is 4.98 Å². The molecule has 120 valence electrons. The standard InChI is InChI=1S/C17H20N4O2/c1-2-22-12-16-19-15-11-18-14-6-4-3-5-13(14)17(15)21(16)20-7-9-23-10-8-20/h3-6,11H,2,7-10,12H2,1H3. The van der Waals surface area contributed by atoms with E-state index in [1.807, 2.05) is 31.3 Å². The zero-order valence-electron chi connectivity index (χ0n) is 13.2. The largest absolute Gasteiger partial charge is 0.378 e. The van der Waals surface area contributed by atoms with Gasteiger partial charge in [0, 0.05) is 12.0 Å². The Morgan fingerprint density at radius 1 is 1.17 bits per heavy atom. The zero-order valence-corrected chi connectivity index (χ0v) is 13.2. The van der Waals surface area contributed by atoms with Gasteiger partial charge in [-0.2, -0.15) is 0 Å². The van der Waals surface area contributed by atoms with E-state index in [-0.39, 0.29) is 0 Å². The molecule has 3 aromatic rings. The summed E-state index contributed by atoms with van der Waals surface area (Å²) in [7, 11) is 0. The second kappa shape index (κ2) is 6.14. The number of fused-ring (bicyclic) bond motifs is 3. The van der Waals surface area contributed by atoms with Gasteiger partial charge in [0.15, 0.2) is 5.82 Å². The maximum Gasteiger partial charge on any atom is 0.154 e. The molecule has 0 radical (unpaired) electrons.